The summed E-state index contributed by atoms with van der Waals surface area (Å²) >= 11 is 6.48. The maximum absolute atomic E-state index is 13.1. The van der Waals surface area contributed by atoms with Crippen molar-refractivity contribution in [3.05, 3.63) is 30.3 Å². The summed E-state index contributed by atoms with van der Waals surface area (Å²) in [6, 6.07) is 10.2. The first-order valence-corrected chi connectivity index (χ1v) is 9.29. The SMILES string of the molecule is CC(C)[C@H]1CN(c2ccccc2)[P@@](=O)(Cl)N1C(C)C. The molecule has 1 aromatic rings. The second-order valence-corrected chi connectivity index (χ2v) is 8.89. The first-order valence-electron chi connectivity index (χ1n) is 6.77. The Morgan fingerprint density at radius 1 is 1.21 bits per heavy atom. The molecule has 19 heavy (non-hydrogen) atoms. The fourth-order valence-electron chi connectivity index (χ4n) is 2.70. The van der Waals surface area contributed by atoms with E-state index in [4.69, 9.17) is 11.2 Å². The number of para-hydroxylation sites is 1. The van der Waals surface area contributed by atoms with Crippen molar-refractivity contribution < 1.29 is 4.57 Å². The number of anilines is 1. The molecule has 0 N–H and O–H groups in total. The zero-order valence-electron chi connectivity index (χ0n) is 12.0. The Morgan fingerprint density at radius 3 is 2.21 bits per heavy atom. The van der Waals surface area contributed by atoms with E-state index >= 15 is 0 Å². The molecule has 2 rings (SSSR count). The molecule has 0 aliphatic carbocycles. The molecule has 3 nitrogen and oxygen atoms in total. The molecule has 0 aromatic heterocycles. The minimum Gasteiger partial charge on any atom is -0.298 e. The first-order chi connectivity index (χ1) is 8.85. The quantitative estimate of drug-likeness (QED) is 0.763. The number of benzene rings is 1. The van der Waals surface area contributed by atoms with Crippen molar-refractivity contribution in [2.45, 2.75) is 39.8 Å². The van der Waals surface area contributed by atoms with Crippen LogP contribution in [0.15, 0.2) is 30.3 Å². The molecule has 0 spiro atoms. The standard InChI is InChI=1S/C14H22ClN2OP/c1-11(2)14-10-16(13-8-6-5-7-9-13)19(15,18)17(14)12(3)4/h5-9,11-12,14H,10H2,1-4H3/t14-,19+/m1/s1. The summed E-state index contributed by atoms with van der Waals surface area (Å²) in [5.74, 6) is 0.420. The molecule has 1 saturated heterocycles. The summed E-state index contributed by atoms with van der Waals surface area (Å²) in [6.07, 6.45) is 0. The highest BCUT2D eigenvalue weighted by molar-refractivity contribution is 7.88. The van der Waals surface area contributed by atoms with Crippen molar-refractivity contribution in [2.24, 2.45) is 5.92 Å². The van der Waals surface area contributed by atoms with E-state index in [1.165, 1.54) is 0 Å². The molecule has 0 bridgehead atoms. The average molecular weight is 301 g/mol. The predicted molar refractivity (Wildman–Crippen MR) is 82.8 cm³/mol. The molecule has 1 heterocycles. The van der Waals surface area contributed by atoms with Gasteiger partial charge in [0.15, 0.2) is 0 Å². The Kier molecular flexibility index (Phi) is 4.29. The Hall–Kier alpha value is -0.500. The molecule has 5 heteroatoms. The topological polar surface area (TPSA) is 23.6 Å². The fourth-order valence-corrected chi connectivity index (χ4v) is 6.32. The van der Waals surface area contributed by atoms with Crippen molar-refractivity contribution in [2.75, 3.05) is 11.2 Å². The third kappa shape index (κ3) is 2.69. The van der Waals surface area contributed by atoms with Gasteiger partial charge in [-0.05, 0) is 43.1 Å². The van der Waals surface area contributed by atoms with Gasteiger partial charge >= 0.3 is 6.80 Å². The molecule has 1 aliphatic heterocycles. The van der Waals surface area contributed by atoms with E-state index in [-0.39, 0.29) is 12.1 Å². The van der Waals surface area contributed by atoms with Gasteiger partial charge < -0.3 is 0 Å². The van der Waals surface area contributed by atoms with Crippen LogP contribution < -0.4 is 4.67 Å². The zero-order chi connectivity index (χ0) is 14.2. The second-order valence-electron chi connectivity index (χ2n) is 5.68. The van der Waals surface area contributed by atoms with Gasteiger partial charge in [-0.2, -0.15) is 0 Å². The van der Waals surface area contributed by atoms with Gasteiger partial charge in [0.25, 0.3) is 0 Å². The smallest absolute Gasteiger partial charge is 0.298 e. The second kappa shape index (κ2) is 5.47. The van der Waals surface area contributed by atoms with Crippen LogP contribution in [0.25, 0.3) is 0 Å². The lowest BCUT2D eigenvalue weighted by Gasteiger charge is -2.31. The van der Waals surface area contributed by atoms with Gasteiger partial charge in [-0.25, -0.2) is 4.67 Å². The van der Waals surface area contributed by atoms with Crippen molar-refractivity contribution >= 4 is 23.7 Å². The number of nitrogens with zero attached hydrogens (tertiary/aromatic N) is 2. The molecule has 1 fully saturated rings. The van der Waals surface area contributed by atoms with E-state index in [1.54, 1.807) is 0 Å². The molecule has 106 valence electrons. The lowest BCUT2D eigenvalue weighted by molar-refractivity contribution is 0.252. The van der Waals surface area contributed by atoms with Crippen molar-refractivity contribution in [3.63, 3.8) is 0 Å². The van der Waals surface area contributed by atoms with Crippen LogP contribution in [0.3, 0.4) is 0 Å². The summed E-state index contributed by atoms with van der Waals surface area (Å²) in [7, 11) is 0. The molecule has 1 aromatic carbocycles. The average Bonchev–Trinajstić information content (AvgIpc) is 2.62. The largest absolute Gasteiger partial charge is 0.329 e. The molecule has 0 saturated carbocycles. The first kappa shape index (κ1) is 14.9. The lowest BCUT2D eigenvalue weighted by Crippen LogP contribution is -2.37. The molecule has 0 unspecified atom stereocenters. The Labute approximate surface area is 120 Å². The van der Waals surface area contributed by atoms with Crippen LogP contribution in [0.5, 0.6) is 0 Å². The molecule has 0 radical (unpaired) electrons. The monoisotopic (exact) mass is 300 g/mol. The van der Waals surface area contributed by atoms with E-state index in [0.29, 0.717) is 5.92 Å². The van der Waals surface area contributed by atoms with E-state index in [2.05, 4.69) is 27.7 Å². The summed E-state index contributed by atoms with van der Waals surface area (Å²) in [5.41, 5.74) is 0.939. The Balaban J connectivity index is 2.41. The van der Waals surface area contributed by atoms with Crippen LogP contribution >= 0.6 is 18.0 Å². The van der Waals surface area contributed by atoms with Crippen LogP contribution in [0.4, 0.5) is 5.69 Å². The van der Waals surface area contributed by atoms with Gasteiger partial charge in [-0.15, -0.1) is 0 Å². The van der Waals surface area contributed by atoms with E-state index < -0.39 is 6.80 Å². The van der Waals surface area contributed by atoms with Gasteiger partial charge in [-0.1, -0.05) is 32.0 Å². The third-order valence-corrected chi connectivity index (χ3v) is 7.02. The highest BCUT2D eigenvalue weighted by atomic mass is 35.7. The predicted octanol–water partition coefficient (Wildman–Crippen LogP) is 4.59. The Morgan fingerprint density at radius 2 is 1.79 bits per heavy atom. The molecular weight excluding hydrogens is 279 g/mol. The number of rotatable bonds is 3. The van der Waals surface area contributed by atoms with Gasteiger partial charge in [-0.3, -0.25) is 9.24 Å². The van der Waals surface area contributed by atoms with E-state index in [1.807, 2.05) is 39.7 Å². The maximum Gasteiger partial charge on any atom is 0.329 e. The van der Waals surface area contributed by atoms with Crippen LogP contribution in [0.2, 0.25) is 0 Å². The normalized spacial score (nSPS) is 28.6. The summed E-state index contributed by atoms with van der Waals surface area (Å²) < 4.78 is 16.9. The van der Waals surface area contributed by atoms with Crippen molar-refractivity contribution in [1.29, 1.82) is 0 Å². The van der Waals surface area contributed by atoms with Gasteiger partial charge in [0.2, 0.25) is 0 Å². The summed E-state index contributed by atoms with van der Waals surface area (Å²) in [5, 5.41) is 0. The number of hydrogen-bond acceptors (Lipinski definition) is 1. The van der Waals surface area contributed by atoms with Crippen LogP contribution in [0.1, 0.15) is 27.7 Å². The lowest BCUT2D eigenvalue weighted by atomic mass is 10.0. The molecule has 2 atom stereocenters. The Bertz CT molecular complexity index is 478. The van der Waals surface area contributed by atoms with Crippen LogP contribution in [-0.2, 0) is 4.57 Å². The highest BCUT2D eigenvalue weighted by Gasteiger charge is 2.49. The number of hydrogen-bond donors (Lipinski definition) is 0. The van der Waals surface area contributed by atoms with Crippen molar-refractivity contribution in [3.8, 4) is 0 Å². The van der Waals surface area contributed by atoms with E-state index in [9.17, 15) is 4.57 Å². The number of halogens is 1. The maximum atomic E-state index is 13.1. The minimum absolute atomic E-state index is 0.171. The van der Waals surface area contributed by atoms with Crippen molar-refractivity contribution in [1.82, 2.24) is 4.67 Å². The molecule has 0 amide bonds. The molecule has 1 aliphatic rings. The fraction of sp³-hybridized carbons (Fsp3) is 0.571. The molecular formula is C14H22ClN2OP. The highest BCUT2D eigenvalue weighted by Crippen LogP contribution is 2.66. The summed E-state index contributed by atoms with van der Waals surface area (Å²) in [4.78, 5) is 0. The van der Waals surface area contributed by atoms with E-state index in [0.717, 1.165) is 12.2 Å². The van der Waals surface area contributed by atoms with Crippen LogP contribution in [-0.4, -0.2) is 23.3 Å². The third-order valence-electron chi connectivity index (χ3n) is 3.64. The summed E-state index contributed by atoms with van der Waals surface area (Å²) in [6.45, 7) is 6.14. The van der Waals surface area contributed by atoms with Gasteiger partial charge in [0.05, 0.1) is 0 Å². The van der Waals surface area contributed by atoms with Gasteiger partial charge in [0, 0.05) is 24.3 Å². The minimum atomic E-state index is -3.01. The van der Waals surface area contributed by atoms with Crippen LogP contribution in [0, 0.1) is 5.92 Å². The zero-order valence-corrected chi connectivity index (χ0v) is 13.6. The van der Waals surface area contributed by atoms with Gasteiger partial charge in [0.1, 0.15) is 0 Å².